The van der Waals surface area contributed by atoms with Crippen molar-refractivity contribution in [3.63, 3.8) is 0 Å². The van der Waals surface area contributed by atoms with Gasteiger partial charge in [0.1, 0.15) is 5.82 Å². The molecule has 0 bridgehead atoms. The minimum absolute atomic E-state index is 0.238. The highest BCUT2D eigenvalue weighted by Gasteiger charge is 2.20. The van der Waals surface area contributed by atoms with Crippen LogP contribution < -0.4 is 5.32 Å². The van der Waals surface area contributed by atoms with E-state index in [1.807, 2.05) is 0 Å². The molecule has 0 radical (unpaired) electrons. The van der Waals surface area contributed by atoms with Crippen LogP contribution in [0.5, 0.6) is 0 Å². The number of nitrogens with zero attached hydrogens (tertiary/aromatic N) is 3. The molecule has 1 heterocycles. The Morgan fingerprint density at radius 3 is 2.89 bits per heavy atom. The van der Waals surface area contributed by atoms with E-state index in [0.717, 1.165) is 23.1 Å². The van der Waals surface area contributed by atoms with Gasteiger partial charge in [-0.25, -0.2) is 4.39 Å². The smallest absolute Gasteiger partial charge is 0.128 e. The van der Waals surface area contributed by atoms with Crippen LogP contribution in [0.1, 0.15) is 30.6 Å². The fourth-order valence-electron chi connectivity index (χ4n) is 1.96. The van der Waals surface area contributed by atoms with Gasteiger partial charge in [-0.05, 0) is 31.2 Å². The Hall–Kier alpha value is -1.27. The molecule has 19 heavy (non-hydrogen) atoms. The van der Waals surface area contributed by atoms with Gasteiger partial charge < -0.3 is 5.32 Å². The Kier molecular flexibility index (Phi) is 4.66. The zero-order valence-corrected chi connectivity index (χ0v) is 12.5. The molecule has 4 nitrogen and oxygen atoms in total. The lowest BCUT2D eigenvalue weighted by Crippen LogP contribution is -2.26. The van der Waals surface area contributed by atoms with Crippen molar-refractivity contribution in [1.29, 1.82) is 0 Å². The Bertz CT molecular complexity index is 555. The van der Waals surface area contributed by atoms with E-state index in [2.05, 4.69) is 38.5 Å². The van der Waals surface area contributed by atoms with E-state index in [1.165, 1.54) is 6.07 Å². The Balaban J connectivity index is 2.42. The summed E-state index contributed by atoms with van der Waals surface area (Å²) in [7, 11) is 1.80. The molecule has 0 saturated carbocycles. The van der Waals surface area contributed by atoms with Gasteiger partial charge in [-0.3, -0.25) is 4.68 Å². The van der Waals surface area contributed by atoms with Gasteiger partial charge >= 0.3 is 0 Å². The molecule has 1 unspecified atom stereocenters. The second-order valence-electron chi connectivity index (χ2n) is 4.34. The molecule has 6 heteroatoms. The topological polar surface area (TPSA) is 42.7 Å². The zero-order chi connectivity index (χ0) is 13.8. The van der Waals surface area contributed by atoms with E-state index >= 15 is 0 Å². The quantitative estimate of drug-likeness (QED) is 0.918. The lowest BCUT2D eigenvalue weighted by Gasteiger charge is -2.19. The van der Waals surface area contributed by atoms with Crippen LogP contribution in [0.25, 0.3) is 0 Å². The molecule has 1 aromatic heterocycles. The molecule has 1 atom stereocenters. The van der Waals surface area contributed by atoms with Gasteiger partial charge in [0.25, 0.3) is 0 Å². The van der Waals surface area contributed by atoms with Crippen LogP contribution in [0.15, 0.2) is 28.9 Å². The van der Waals surface area contributed by atoms with Crippen molar-refractivity contribution in [3.8, 4) is 0 Å². The fraction of sp³-hybridized carbons (Fsp3) is 0.385. The number of halogens is 2. The Morgan fingerprint density at radius 1 is 1.47 bits per heavy atom. The highest BCUT2D eigenvalue weighted by molar-refractivity contribution is 9.10. The average molecular weight is 327 g/mol. The predicted molar refractivity (Wildman–Crippen MR) is 75.2 cm³/mol. The molecule has 0 aliphatic carbocycles. The van der Waals surface area contributed by atoms with Crippen LogP contribution in [-0.2, 0) is 7.05 Å². The molecule has 0 saturated heterocycles. The third kappa shape index (κ3) is 3.19. The summed E-state index contributed by atoms with van der Waals surface area (Å²) in [6.45, 7) is 2.87. The van der Waals surface area contributed by atoms with Crippen molar-refractivity contribution in [3.05, 3.63) is 45.9 Å². The molecule has 0 aliphatic rings. The summed E-state index contributed by atoms with van der Waals surface area (Å²) in [5, 5.41) is 11.1. The first-order valence-corrected chi connectivity index (χ1v) is 6.95. The van der Waals surface area contributed by atoms with Gasteiger partial charge in [0.15, 0.2) is 0 Å². The highest BCUT2D eigenvalue weighted by Crippen LogP contribution is 2.26. The van der Waals surface area contributed by atoms with Gasteiger partial charge in [-0.15, -0.1) is 5.10 Å². The number of hydrogen-bond acceptors (Lipinski definition) is 3. The lowest BCUT2D eigenvalue weighted by atomic mass is 10.0. The van der Waals surface area contributed by atoms with Crippen LogP contribution >= 0.6 is 15.9 Å². The summed E-state index contributed by atoms with van der Waals surface area (Å²) in [6, 6.07) is 4.69. The van der Waals surface area contributed by atoms with Gasteiger partial charge in [0, 0.05) is 17.1 Å². The number of aromatic nitrogens is 3. The maximum atomic E-state index is 14.1. The minimum Gasteiger partial charge on any atom is -0.305 e. The van der Waals surface area contributed by atoms with E-state index in [-0.39, 0.29) is 11.9 Å². The Labute approximate surface area is 120 Å². The molecule has 2 rings (SSSR count). The average Bonchev–Trinajstić information content (AvgIpc) is 2.80. The van der Waals surface area contributed by atoms with Crippen LogP contribution in [0.2, 0.25) is 0 Å². The summed E-state index contributed by atoms with van der Waals surface area (Å²) in [4.78, 5) is 0. The first-order valence-electron chi connectivity index (χ1n) is 6.16. The van der Waals surface area contributed by atoms with Crippen molar-refractivity contribution in [2.45, 2.75) is 19.4 Å². The third-order valence-electron chi connectivity index (χ3n) is 2.91. The molecule has 102 valence electrons. The molecule has 2 aromatic rings. The van der Waals surface area contributed by atoms with E-state index < -0.39 is 0 Å². The van der Waals surface area contributed by atoms with Crippen LogP contribution in [0.3, 0.4) is 0 Å². The predicted octanol–water partition coefficient (Wildman–Crippen LogP) is 2.81. The SMILES string of the molecule is CCCNC(c1cc(Br)ccc1F)c1cnnn1C. The van der Waals surface area contributed by atoms with Crippen molar-refractivity contribution in [2.75, 3.05) is 6.54 Å². The Morgan fingerprint density at radius 2 is 2.26 bits per heavy atom. The van der Waals surface area contributed by atoms with E-state index in [4.69, 9.17) is 0 Å². The van der Waals surface area contributed by atoms with Crippen LogP contribution in [-0.4, -0.2) is 21.5 Å². The van der Waals surface area contributed by atoms with Gasteiger partial charge in [-0.2, -0.15) is 0 Å². The summed E-state index contributed by atoms with van der Waals surface area (Å²) in [5.41, 5.74) is 1.43. The minimum atomic E-state index is -0.252. The molecule has 0 amide bonds. The first-order chi connectivity index (χ1) is 9.13. The second-order valence-corrected chi connectivity index (χ2v) is 5.25. The number of aryl methyl sites for hydroxylation is 1. The summed E-state index contributed by atoms with van der Waals surface area (Å²) < 4.78 is 16.6. The summed E-state index contributed by atoms with van der Waals surface area (Å²) in [6.07, 6.45) is 2.63. The third-order valence-corrected chi connectivity index (χ3v) is 3.41. The summed E-state index contributed by atoms with van der Waals surface area (Å²) >= 11 is 3.38. The monoisotopic (exact) mass is 326 g/mol. The fourth-order valence-corrected chi connectivity index (χ4v) is 2.34. The van der Waals surface area contributed by atoms with E-state index in [9.17, 15) is 4.39 Å². The van der Waals surface area contributed by atoms with Gasteiger partial charge in [0.05, 0.1) is 17.9 Å². The standard InChI is InChI=1S/C13H16BrFN4/c1-3-6-16-13(12-8-17-18-19(12)2)10-7-9(14)4-5-11(10)15/h4-5,7-8,13,16H,3,6H2,1-2H3. The first kappa shape index (κ1) is 14.1. The molecule has 0 fully saturated rings. The lowest BCUT2D eigenvalue weighted by molar-refractivity contribution is 0.518. The maximum Gasteiger partial charge on any atom is 0.128 e. The second kappa shape index (κ2) is 6.25. The number of hydrogen-bond donors (Lipinski definition) is 1. The largest absolute Gasteiger partial charge is 0.305 e. The van der Waals surface area contributed by atoms with Crippen molar-refractivity contribution < 1.29 is 4.39 Å². The van der Waals surface area contributed by atoms with Crippen LogP contribution in [0, 0.1) is 5.82 Å². The van der Waals surface area contributed by atoms with Crippen molar-refractivity contribution >= 4 is 15.9 Å². The molecule has 0 aliphatic heterocycles. The molecule has 1 N–H and O–H groups in total. The van der Waals surface area contributed by atoms with Gasteiger partial charge in [0.2, 0.25) is 0 Å². The molecular formula is C13H16BrFN4. The highest BCUT2D eigenvalue weighted by atomic mass is 79.9. The molecular weight excluding hydrogens is 311 g/mol. The van der Waals surface area contributed by atoms with Crippen LogP contribution in [0.4, 0.5) is 4.39 Å². The molecule has 1 aromatic carbocycles. The summed E-state index contributed by atoms with van der Waals surface area (Å²) in [5.74, 6) is -0.238. The maximum absolute atomic E-state index is 14.1. The molecule has 0 spiro atoms. The number of rotatable bonds is 5. The number of nitrogens with one attached hydrogen (secondary N) is 1. The van der Waals surface area contributed by atoms with Crippen molar-refractivity contribution in [1.82, 2.24) is 20.3 Å². The van der Waals surface area contributed by atoms with Crippen molar-refractivity contribution in [2.24, 2.45) is 7.05 Å². The van der Waals surface area contributed by atoms with E-state index in [1.54, 1.807) is 30.1 Å². The normalized spacial score (nSPS) is 12.6. The van der Waals surface area contributed by atoms with E-state index in [0.29, 0.717) is 5.56 Å². The van der Waals surface area contributed by atoms with Gasteiger partial charge in [-0.1, -0.05) is 28.1 Å². The zero-order valence-electron chi connectivity index (χ0n) is 10.9. The number of benzene rings is 1.